The molecule has 0 saturated carbocycles. The van der Waals surface area contributed by atoms with Gasteiger partial charge in [0.1, 0.15) is 0 Å². The third-order valence-corrected chi connectivity index (χ3v) is 3.21. The van der Waals surface area contributed by atoms with Gasteiger partial charge in [-0.1, -0.05) is 25.0 Å². The van der Waals surface area contributed by atoms with Gasteiger partial charge in [-0.05, 0) is 51.2 Å². The fourth-order valence-electron chi connectivity index (χ4n) is 2.01. The molecule has 0 atom stereocenters. The van der Waals surface area contributed by atoms with E-state index in [9.17, 15) is 0 Å². The van der Waals surface area contributed by atoms with E-state index in [0.717, 1.165) is 5.92 Å². The smallest absolute Gasteiger partial charge is 0.0260 e. The Hall–Kier alpha value is -0.520. The Balaban J connectivity index is 2.89. The second kappa shape index (κ2) is 3.69. The number of hydrogen-bond acceptors (Lipinski definition) is 0. The van der Waals surface area contributed by atoms with E-state index in [0.29, 0.717) is 0 Å². The highest BCUT2D eigenvalue weighted by atomic mass is 14.3. The molecule has 0 aromatic heterocycles. The summed E-state index contributed by atoms with van der Waals surface area (Å²) in [5.74, 6) is 2.35. The van der Waals surface area contributed by atoms with E-state index in [1.54, 1.807) is 5.92 Å². The summed E-state index contributed by atoms with van der Waals surface area (Å²) in [7, 11) is 0. The lowest BCUT2D eigenvalue weighted by Gasteiger charge is -2.16. The predicted octanol–water partition coefficient (Wildman–Crippen LogP) is 4.29. The summed E-state index contributed by atoms with van der Waals surface area (Å²) in [6.07, 6.45) is 1.23. The molecule has 1 aliphatic carbocycles. The standard InChI is InChI=1S/C13H21/c1-8(2)7-13-11(5)9(3)10(4)12(13)6/h8H,7H2,1-6H3. The lowest BCUT2D eigenvalue weighted by Crippen LogP contribution is -2.02. The Morgan fingerprint density at radius 3 is 1.46 bits per heavy atom. The van der Waals surface area contributed by atoms with Crippen LogP contribution < -0.4 is 0 Å². The highest BCUT2D eigenvalue weighted by molar-refractivity contribution is 5.57. The molecular formula is C13H21. The quantitative estimate of drug-likeness (QED) is 0.590. The Bertz CT molecular complexity index is 240. The molecule has 0 N–H and O–H groups in total. The largest absolute Gasteiger partial charge is 0.0627 e. The zero-order valence-electron chi connectivity index (χ0n) is 9.78. The van der Waals surface area contributed by atoms with Crippen LogP contribution in [0.15, 0.2) is 22.3 Å². The molecule has 1 rings (SSSR count). The minimum Gasteiger partial charge on any atom is -0.0627 e. The van der Waals surface area contributed by atoms with E-state index in [2.05, 4.69) is 41.5 Å². The van der Waals surface area contributed by atoms with Gasteiger partial charge in [-0.25, -0.2) is 0 Å². The van der Waals surface area contributed by atoms with Crippen LogP contribution in [-0.4, -0.2) is 0 Å². The predicted molar refractivity (Wildman–Crippen MR) is 59.4 cm³/mol. The van der Waals surface area contributed by atoms with Crippen LogP contribution in [0.2, 0.25) is 0 Å². The molecule has 1 radical (unpaired) electrons. The van der Waals surface area contributed by atoms with Crippen molar-refractivity contribution in [1.82, 2.24) is 0 Å². The summed E-state index contributed by atoms with van der Waals surface area (Å²) < 4.78 is 0. The van der Waals surface area contributed by atoms with Gasteiger partial charge in [-0.2, -0.15) is 0 Å². The van der Waals surface area contributed by atoms with Gasteiger partial charge >= 0.3 is 0 Å². The lowest BCUT2D eigenvalue weighted by atomic mass is 9.88. The normalized spacial score (nSPS) is 19.6. The number of rotatable bonds is 2. The zero-order chi connectivity index (χ0) is 10.2. The minimum atomic E-state index is 0.763. The topological polar surface area (TPSA) is 0 Å². The molecule has 0 fully saturated rings. The summed E-state index contributed by atoms with van der Waals surface area (Å²) in [5, 5.41) is 0. The molecule has 0 nitrogen and oxygen atoms in total. The van der Waals surface area contributed by atoms with Crippen LogP contribution >= 0.6 is 0 Å². The van der Waals surface area contributed by atoms with E-state index in [1.807, 2.05) is 0 Å². The van der Waals surface area contributed by atoms with Crippen molar-refractivity contribution in [3.63, 3.8) is 0 Å². The van der Waals surface area contributed by atoms with Gasteiger partial charge in [0.15, 0.2) is 0 Å². The van der Waals surface area contributed by atoms with E-state index in [1.165, 1.54) is 28.7 Å². The summed E-state index contributed by atoms with van der Waals surface area (Å²) in [6, 6.07) is 0. The Labute approximate surface area is 82.7 Å². The maximum Gasteiger partial charge on any atom is 0.0260 e. The fraction of sp³-hybridized carbons (Fsp3) is 0.615. The lowest BCUT2D eigenvalue weighted by molar-refractivity contribution is 0.614. The van der Waals surface area contributed by atoms with Crippen molar-refractivity contribution in [2.75, 3.05) is 0 Å². The van der Waals surface area contributed by atoms with E-state index < -0.39 is 0 Å². The highest BCUT2D eigenvalue weighted by Gasteiger charge is 2.25. The van der Waals surface area contributed by atoms with Crippen molar-refractivity contribution >= 4 is 0 Å². The van der Waals surface area contributed by atoms with Crippen LogP contribution in [0.25, 0.3) is 0 Å². The second-order valence-electron chi connectivity index (χ2n) is 4.58. The van der Waals surface area contributed by atoms with Gasteiger partial charge in [-0.3, -0.25) is 0 Å². The third-order valence-electron chi connectivity index (χ3n) is 3.21. The van der Waals surface area contributed by atoms with Crippen molar-refractivity contribution in [3.05, 3.63) is 28.2 Å². The van der Waals surface area contributed by atoms with E-state index >= 15 is 0 Å². The molecule has 0 aromatic rings. The highest BCUT2D eigenvalue weighted by Crippen LogP contribution is 2.41. The first-order valence-electron chi connectivity index (χ1n) is 5.17. The maximum atomic E-state index is 2.29. The van der Waals surface area contributed by atoms with Gasteiger partial charge in [0.2, 0.25) is 0 Å². The molecule has 0 aromatic carbocycles. The first-order valence-corrected chi connectivity index (χ1v) is 5.17. The van der Waals surface area contributed by atoms with Gasteiger partial charge < -0.3 is 0 Å². The van der Waals surface area contributed by atoms with E-state index in [4.69, 9.17) is 0 Å². The molecule has 0 spiro atoms. The third kappa shape index (κ3) is 1.87. The first kappa shape index (κ1) is 10.6. The van der Waals surface area contributed by atoms with Crippen LogP contribution in [-0.2, 0) is 0 Å². The molecular weight excluding hydrogens is 156 g/mol. The molecule has 0 unspecified atom stereocenters. The SMILES string of the molecule is CC1=C(C)C(C)=C(C)[C]1CC(C)C. The van der Waals surface area contributed by atoms with E-state index in [-0.39, 0.29) is 0 Å². The molecule has 13 heavy (non-hydrogen) atoms. The van der Waals surface area contributed by atoms with Crippen molar-refractivity contribution in [1.29, 1.82) is 0 Å². The molecule has 0 saturated heterocycles. The molecule has 0 heterocycles. The van der Waals surface area contributed by atoms with Crippen molar-refractivity contribution < 1.29 is 0 Å². The van der Waals surface area contributed by atoms with Gasteiger partial charge in [0.25, 0.3) is 0 Å². The zero-order valence-corrected chi connectivity index (χ0v) is 9.78. The summed E-state index contributed by atoms with van der Waals surface area (Å²) in [5.41, 5.74) is 6.02. The molecule has 1 aliphatic rings. The molecule has 0 heteroatoms. The minimum absolute atomic E-state index is 0.763. The average molecular weight is 177 g/mol. The molecule has 0 amide bonds. The van der Waals surface area contributed by atoms with Crippen LogP contribution in [0.5, 0.6) is 0 Å². The van der Waals surface area contributed by atoms with Crippen LogP contribution in [0.3, 0.4) is 0 Å². The van der Waals surface area contributed by atoms with Gasteiger partial charge in [-0.15, -0.1) is 0 Å². The van der Waals surface area contributed by atoms with Crippen molar-refractivity contribution in [2.24, 2.45) is 5.92 Å². The Kier molecular flexibility index (Phi) is 3.00. The van der Waals surface area contributed by atoms with Gasteiger partial charge in [0, 0.05) is 5.92 Å². The van der Waals surface area contributed by atoms with Crippen LogP contribution in [0, 0.1) is 11.8 Å². The fourth-order valence-corrected chi connectivity index (χ4v) is 2.01. The molecule has 0 aliphatic heterocycles. The number of hydrogen-bond donors (Lipinski definition) is 0. The van der Waals surface area contributed by atoms with Crippen LogP contribution in [0.4, 0.5) is 0 Å². The summed E-state index contributed by atoms with van der Waals surface area (Å²) >= 11 is 0. The van der Waals surface area contributed by atoms with Crippen LogP contribution in [0.1, 0.15) is 48.0 Å². The maximum absolute atomic E-state index is 2.29. The Morgan fingerprint density at radius 2 is 1.15 bits per heavy atom. The first-order chi connectivity index (χ1) is 5.95. The summed E-state index contributed by atoms with van der Waals surface area (Å²) in [6.45, 7) is 13.6. The van der Waals surface area contributed by atoms with Crippen molar-refractivity contribution in [2.45, 2.75) is 48.0 Å². The Morgan fingerprint density at radius 1 is 0.769 bits per heavy atom. The monoisotopic (exact) mass is 177 g/mol. The molecule has 0 bridgehead atoms. The van der Waals surface area contributed by atoms with Gasteiger partial charge in [0.05, 0.1) is 0 Å². The summed E-state index contributed by atoms with van der Waals surface area (Å²) in [4.78, 5) is 0. The average Bonchev–Trinajstić information content (AvgIpc) is 2.22. The second-order valence-corrected chi connectivity index (χ2v) is 4.58. The molecule has 73 valence electrons. The number of allylic oxidation sites excluding steroid dienone is 4. The van der Waals surface area contributed by atoms with Crippen molar-refractivity contribution in [3.8, 4) is 0 Å².